The summed E-state index contributed by atoms with van der Waals surface area (Å²) in [5, 5.41) is 18.1. The maximum atomic E-state index is 11.6. The second-order valence-electron chi connectivity index (χ2n) is 3.88. The van der Waals surface area contributed by atoms with Crippen LogP contribution in [0.1, 0.15) is 16.1 Å². The van der Waals surface area contributed by atoms with Gasteiger partial charge in [-0.15, -0.1) is 0 Å². The summed E-state index contributed by atoms with van der Waals surface area (Å²) in [6.45, 7) is 0.503. The molecular weight excluding hydrogens is 232 g/mol. The summed E-state index contributed by atoms with van der Waals surface area (Å²) in [4.78, 5) is 11.6. The van der Waals surface area contributed by atoms with Crippen LogP contribution in [0.2, 0.25) is 0 Å². The van der Waals surface area contributed by atoms with Crippen molar-refractivity contribution in [1.29, 1.82) is 0 Å². The zero-order chi connectivity index (χ0) is 13.0. The average Bonchev–Trinajstić information content (AvgIpc) is 2.78. The van der Waals surface area contributed by atoms with E-state index >= 15 is 0 Å². The number of carbonyl (C=O) groups excluding carboxylic acids is 1. The van der Waals surface area contributed by atoms with Crippen LogP contribution in [-0.4, -0.2) is 27.8 Å². The molecule has 1 heterocycles. The number of amides is 1. The predicted octanol–water partition coefficient (Wildman–Crippen LogP) is 0.670. The lowest BCUT2D eigenvalue weighted by Crippen LogP contribution is -2.26. The Kier molecular flexibility index (Phi) is 3.47. The van der Waals surface area contributed by atoms with Gasteiger partial charge in [0.1, 0.15) is 17.3 Å². The third-order valence-electron chi connectivity index (χ3n) is 2.48. The van der Waals surface area contributed by atoms with E-state index in [-0.39, 0.29) is 11.7 Å². The molecule has 2 aromatic rings. The number of H-pyrrole nitrogens is 1. The van der Waals surface area contributed by atoms with Crippen molar-refractivity contribution >= 4 is 11.7 Å². The monoisotopic (exact) mass is 246 g/mol. The van der Waals surface area contributed by atoms with E-state index in [1.54, 1.807) is 12.1 Å². The number of nitrogens with two attached hydrogens (primary N) is 1. The molecule has 0 atom stereocenters. The fourth-order valence-corrected chi connectivity index (χ4v) is 1.53. The van der Waals surface area contributed by atoms with Crippen LogP contribution in [0, 0.1) is 0 Å². The van der Waals surface area contributed by atoms with E-state index < -0.39 is 0 Å². The fraction of sp³-hybridized carbons (Fsp3) is 0.167. The van der Waals surface area contributed by atoms with Gasteiger partial charge in [0, 0.05) is 12.6 Å². The Morgan fingerprint density at radius 2 is 2.11 bits per heavy atom. The molecule has 0 aliphatic rings. The van der Waals surface area contributed by atoms with Crippen molar-refractivity contribution in [3.05, 3.63) is 41.6 Å². The van der Waals surface area contributed by atoms with Crippen LogP contribution in [-0.2, 0) is 6.42 Å². The van der Waals surface area contributed by atoms with E-state index in [4.69, 9.17) is 10.8 Å². The highest BCUT2D eigenvalue weighted by Crippen LogP contribution is 2.09. The largest absolute Gasteiger partial charge is 0.508 e. The van der Waals surface area contributed by atoms with Crippen LogP contribution in [0.15, 0.2) is 30.3 Å². The van der Waals surface area contributed by atoms with Gasteiger partial charge in [-0.05, 0) is 24.1 Å². The Bertz CT molecular complexity index is 533. The second-order valence-corrected chi connectivity index (χ2v) is 3.88. The van der Waals surface area contributed by atoms with Crippen molar-refractivity contribution in [2.45, 2.75) is 6.42 Å². The molecule has 5 N–H and O–H groups in total. The zero-order valence-electron chi connectivity index (χ0n) is 9.68. The first-order valence-electron chi connectivity index (χ1n) is 5.52. The highest BCUT2D eigenvalue weighted by atomic mass is 16.3. The second kappa shape index (κ2) is 5.22. The van der Waals surface area contributed by atoms with E-state index in [1.165, 1.54) is 6.07 Å². The highest BCUT2D eigenvalue weighted by Gasteiger charge is 2.07. The summed E-state index contributed by atoms with van der Waals surface area (Å²) >= 11 is 0. The number of nitrogen functional groups attached to an aromatic ring is 1. The first kappa shape index (κ1) is 12.0. The smallest absolute Gasteiger partial charge is 0.269 e. The number of hydrogen-bond donors (Lipinski definition) is 4. The van der Waals surface area contributed by atoms with Crippen molar-refractivity contribution in [3.8, 4) is 5.75 Å². The van der Waals surface area contributed by atoms with Gasteiger partial charge in [0.05, 0.1) is 0 Å². The summed E-state index contributed by atoms with van der Waals surface area (Å²) in [5.41, 5.74) is 6.79. The van der Waals surface area contributed by atoms with Gasteiger partial charge in [-0.1, -0.05) is 12.1 Å². The number of aromatic nitrogens is 2. The predicted molar refractivity (Wildman–Crippen MR) is 67.1 cm³/mol. The van der Waals surface area contributed by atoms with Crippen molar-refractivity contribution in [3.63, 3.8) is 0 Å². The van der Waals surface area contributed by atoms with Gasteiger partial charge in [-0.25, -0.2) is 0 Å². The Morgan fingerprint density at radius 1 is 1.39 bits per heavy atom. The fourth-order valence-electron chi connectivity index (χ4n) is 1.53. The lowest BCUT2D eigenvalue weighted by Gasteiger charge is -2.03. The standard InChI is InChI=1S/C12H14N4O2/c13-11-7-10(15-16-11)12(18)14-6-5-8-1-3-9(17)4-2-8/h1-4,7,17H,5-6H2,(H,14,18)(H3,13,15,16). The van der Waals surface area contributed by atoms with Gasteiger partial charge in [0.25, 0.3) is 5.91 Å². The number of rotatable bonds is 4. The van der Waals surface area contributed by atoms with E-state index in [0.29, 0.717) is 24.5 Å². The first-order chi connectivity index (χ1) is 8.65. The van der Waals surface area contributed by atoms with Crippen LogP contribution < -0.4 is 11.1 Å². The molecule has 0 fully saturated rings. The lowest BCUT2D eigenvalue weighted by molar-refractivity contribution is 0.0949. The highest BCUT2D eigenvalue weighted by molar-refractivity contribution is 5.92. The molecule has 0 bridgehead atoms. The number of benzene rings is 1. The number of phenols is 1. The third kappa shape index (κ3) is 3.00. The number of carbonyl (C=O) groups is 1. The topological polar surface area (TPSA) is 104 Å². The maximum Gasteiger partial charge on any atom is 0.269 e. The van der Waals surface area contributed by atoms with Gasteiger partial charge in [0.2, 0.25) is 0 Å². The van der Waals surface area contributed by atoms with E-state index in [1.807, 2.05) is 12.1 Å². The van der Waals surface area contributed by atoms with Gasteiger partial charge in [-0.2, -0.15) is 5.10 Å². The number of nitrogens with zero attached hydrogens (tertiary/aromatic N) is 1. The van der Waals surface area contributed by atoms with E-state index in [9.17, 15) is 4.79 Å². The minimum Gasteiger partial charge on any atom is -0.508 e. The third-order valence-corrected chi connectivity index (χ3v) is 2.48. The van der Waals surface area contributed by atoms with E-state index in [2.05, 4.69) is 15.5 Å². The van der Waals surface area contributed by atoms with Crippen LogP contribution >= 0.6 is 0 Å². The Balaban J connectivity index is 1.82. The molecule has 18 heavy (non-hydrogen) atoms. The molecule has 1 amide bonds. The molecule has 1 aromatic carbocycles. The summed E-state index contributed by atoms with van der Waals surface area (Å²) < 4.78 is 0. The van der Waals surface area contributed by atoms with Gasteiger partial charge in [-0.3, -0.25) is 9.89 Å². The summed E-state index contributed by atoms with van der Waals surface area (Å²) in [6, 6.07) is 8.35. The van der Waals surface area contributed by atoms with E-state index in [0.717, 1.165) is 5.56 Å². The van der Waals surface area contributed by atoms with Gasteiger partial charge in [0.15, 0.2) is 0 Å². The maximum absolute atomic E-state index is 11.6. The number of anilines is 1. The molecule has 1 aromatic heterocycles. The minimum absolute atomic E-state index is 0.232. The van der Waals surface area contributed by atoms with Crippen LogP contribution in [0.4, 0.5) is 5.82 Å². The van der Waals surface area contributed by atoms with Gasteiger partial charge < -0.3 is 16.2 Å². The zero-order valence-corrected chi connectivity index (χ0v) is 9.68. The molecule has 94 valence electrons. The van der Waals surface area contributed by atoms with Gasteiger partial charge >= 0.3 is 0 Å². The number of aromatic hydroxyl groups is 1. The summed E-state index contributed by atoms with van der Waals surface area (Å²) in [7, 11) is 0. The van der Waals surface area contributed by atoms with Crippen molar-refractivity contribution in [2.75, 3.05) is 12.3 Å². The quantitative estimate of drug-likeness (QED) is 0.636. The van der Waals surface area contributed by atoms with Crippen LogP contribution in [0.3, 0.4) is 0 Å². The van der Waals surface area contributed by atoms with Crippen molar-refractivity contribution < 1.29 is 9.90 Å². The van der Waals surface area contributed by atoms with Crippen molar-refractivity contribution in [2.24, 2.45) is 0 Å². The summed E-state index contributed by atoms with van der Waals surface area (Å²) in [6.07, 6.45) is 0.690. The molecular formula is C12H14N4O2. The molecule has 6 nitrogen and oxygen atoms in total. The lowest BCUT2D eigenvalue weighted by atomic mass is 10.1. The Morgan fingerprint density at radius 3 is 2.72 bits per heavy atom. The molecule has 0 aliphatic heterocycles. The normalized spacial score (nSPS) is 10.2. The number of phenolic OH excluding ortho intramolecular Hbond substituents is 1. The molecule has 6 heteroatoms. The molecule has 0 radical (unpaired) electrons. The van der Waals surface area contributed by atoms with Crippen molar-refractivity contribution in [1.82, 2.24) is 15.5 Å². The molecule has 0 saturated heterocycles. The van der Waals surface area contributed by atoms with Crippen LogP contribution in [0.25, 0.3) is 0 Å². The number of hydrogen-bond acceptors (Lipinski definition) is 4. The number of aromatic amines is 1. The molecule has 0 unspecified atom stereocenters. The van der Waals surface area contributed by atoms with Crippen LogP contribution in [0.5, 0.6) is 5.75 Å². The SMILES string of the molecule is Nc1cc(C(=O)NCCc2ccc(O)cc2)[nH]n1. The number of nitrogens with one attached hydrogen (secondary N) is 2. The molecule has 2 rings (SSSR count). The molecule has 0 aliphatic carbocycles. The first-order valence-corrected chi connectivity index (χ1v) is 5.52. The Labute approximate surface area is 104 Å². The average molecular weight is 246 g/mol. The summed E-state index contributed by atoms with van der Waals surface area (Å²) in [5.74, 6) is 0.285. The molecule has 0 saturated carbocycles. The Hall–Kier alpha value is -2.50. The minimum atomic E-state index is -0.238. The molecule has 0 spiro atoms.